The Morgan fingerprint density at radius 3 is 2.86 bits per heavy atom. The van der Waals surface area contributed by atoms with Crippen LogP contribution in [0.25, 0.3) is 17.0 Å². The number of hydrogen-bond acceptors (Lipinski definition) is 5. The van der Waals surface area contributed by atoms with Crippen LogP contribution in [0.3, 0.4) is 0 Å². The van der Waals surface area contributed by atoms with Crippen LogP contribution in [0.1, 0.15) is 22.8 Å². The molecule has 0 atom stereocenters. The fourth-order valence-electron chi connectivity index (χ4n) is 3.23. The molecule has 6 heteroatoms. The first-order valence-corrected chi connectivity index (χ1v) is 8.97. The number of benzene rings is 2. The summed E-state index contributed by atoms with van der Waals surface area (Å²) >= 11 is 0. The Balaban J connectivity index is 1.58. The van der Waals surface area contributed by atoms with Crippen LogP contribution in [0, 0.1) is 0 Å². The van der Waals surface area contributed by atoms with Crippen molar-refractivity contribution in [1.82, 2.24) is 4.57 Å². The van der Waals surface area contributed by atoms with Gasteiger partial charge in [0.05, 0.1) is 12.2 Å². The minimum absolute atomic E-state index is 0.181. The van der Waals surface area contributed by atoms with Gasteiger partial charge in [-0.15, -0.1) is 0 Å². The van der Waals surface area contributed by atoms with Crippen LogP contribution in [0.2, 0.25) is 0 Å². The third kappa shape index (κ3) is 3.24. The van der Waals surface area contributed by atoms with Gasteiger partial charge in [-0.1, -0.05) is 18.2 Å². The van der Waals surface area contributed by atoms with Crippen LogP contribution >= 0.6 is 0 Å². The molecule has 0 radical (unpaired) electrons. The Kier molecular flexibility index (Phi) is 4.61. The summed E-state index contributed by atoms with van der Waals surface area (Å²) in [6.45, 7) is 1.84. The Morgan fingerprint density at radius 1 is 1.21 bits per heavy atom. The lowest BCUT2D eigenvalue weighted by Gasteiger charge is -2.06. The maximum atomic E-state index is 12.7. The Morgan fingerprint density at radius 2 is 2.04 bits per heavy atom. The molecule has 6 nitrogen and oxygen atoms in total. The van der Waals surface area contributed by atoms with Crippen LogP contribution in [-0.4, -0.2) is 29.5 Å². The molecule has 3 aromatic rings. The first kappa shape index (κ1) is 17.9. The number of Topliss-reactive ketones (excluding diaryl/α,β-unsaturated/α-hetero) is 1. The second-order valence-electron chi connectivity index (χ2n) is 6.40. The number of carbonyl (C=O) groups is 2. The number of ketones is 1. The van der Waals surface area contributed by atoms with Crippen molar-refractivity contribution in [2.75, 3.05) is 13.2 Å². The van der Waals surface area contributed by atoms with E-state index < -0.39 is 5.97 Å². The second-order valence-corrected chi connectivity index (χ2v) is 6.40. The number of ether oxygens (including phenoxy) is 3. The number of nitrogens with zero attached hydrogens (tertiary/aromatic N) is 1. The number of carbonyl (C=O) groups excluding carboxylic acids is 2. The molecule has 0 saturated heterocycles. The Bertz CT molecular complexity index is 1110. The number of aryl methyl sites for hydroxylation is 1. The lowest BCUT2D eigenvalue weighted by molar-refractivity contribution is -0.145. The number of hydrogen-bond donors (Lipinski definition) is 0. The highest BCUT2D eigenvalue weighted by Gasteiger charge is 2.28. The minimum Gasteiger partial charge on any atom is -0.482 e. The first-order valence-electron chi connectivity index (χ1n) is 8.97. The van der Waals surface area contributed by atoms with E-state index in [1.165, 1.54) is 0 Å². The Hall–Kier alpha value is -3.54. The van der Waals surface area contributed by atoms with Crippen molar-refractivity contribution in [3.05, 3.63) is 65.5 Å². The molecule has 0 aliphatic carbocycles. The first-order chi connectivity index (χ1) is 13.6. The average Bonchev–Trinajstić information content (AvgIpc) is 3.18. The third-order valence-electron chi connectivity index (χ3n) is 4.52. The molecule has 0 spiro atoms. The van der Waals surface area contributed by atoms with Crippen LogP contribution in [-0.2, 0) is 16.6 Å². The zero-order valence-corrected chi connectivity index (χ0v) is 15.6. The van der Waals surface area contributed by atoms with Gasteiger partial charge in [-0.25, -0.2) is 4.79 Å². The van der Waals surface area contributed by atoms with Crippen LogP contribution < -0.4 is 9.47 Å². The highest BCUT2D eigenvalue weighted by molar-refractivity contribution is 6.15. The SMILES string of the molecule is CCOC(=O)COc1ccc2c(c1)O/C(=C/c1cn(C)c3ccccc13)C2=O. The monoisotopic (exact) mass is 377 g/mol. The minimum atomic E-state index is -0.448. The second kappa shape index (κ2) is 7.23. The number of allylic oxidation sites excluding steroid dienone is 1. The van der Waals surface area contributed by atoms with Gasteiger partial charge in [0.2, 0.25) is 5.78 Å². The smallest absolute Gasteiger partial charge is 0.344 e. The summed E-state index contributed by atoms with van der Waals surface area (Å²) in [5, 5.41) is 1.04. The molecule has 2 aromatic carbocycles. The largest absolute Gasteiger partial charge is 0.482 e. The standard InChI is InChI=1S/C22H19NO5/c1-3-26-21(24)13-27-15-8-9-17-19(11-15)28-20(22(17)25)10-14-12-23(2)18-7-5-4-6-16(14)18/h4-12H,3,13H2,1-2H3/b20-10+. The molecule has 0 bridgehead atoms. The normalized spacial score (nSPS) is 14.2. The number of para-hydroxylation sites is 1. The van der Waals surface area contributed by atoms with Gasteiger partial charge in [0.15, 0.2) is 12.4 Å². The predicted molar refractivity (Wildman–Crippen MR) is 104 cm³/mol. The molecule has 4 rings (SSSR count). The van der Waals surface area contributed by atoms with Crippen molar-refractivity contribution in [2.24, 2.45) is 7.05 Å². The number of fused-ring (bicyclic) bond motifs is 2. The van der Waals surface area contributed by atoms with Crippen molar-refractivity contribution >= 4 is 28.7 Å². The van der Waals surface area contributed by atoms with Crippen LogP contribution in [0.4, 0.5) is 0 Å². The van der Waals surface area contributed by atoms with Gasteiger partial charge < -0.3 is 18.8 Å². The topological polar surface area (TPSA) is 66.8 Å². The average molecular weight is 377 g/mol. The number of esters is 1. The van der Waals surface area contributed by atoms with E-state index in [1.54, 1.807) is 31.2 Å². The van der Waals surface area contributed by atoms with E-state index in [0.29, 0.717) is 23.7 Å². The zero-order chi connectivity index (χ0) is 19.7. The fourth-order valence-corrected chi connectivity index (χ4v) is 3.23. The van der Waals surface area contributed by atoms with Crippen LogP contribution in [0.5, 0.6) is 11.5 Å². The summed E-state index contributed by atoms with van der Waals surface area (Å²) in [5.41, 5.74) is 2.45. The maximum absolute atomic E-state index is 12.7. The molecule has 0 fully saturated rings. The lowest BCUT2D eigenvalue weighted by Crippen LogP contribution is -2.14. The van der Waals surface area contributed by atoms with Gasteiger partial charge in [0.25, 0.3) is 0 Å². The molecule has 2 heterocycles. The van der Waals surface area contributed by atoms with E-state index in [9.17, 15) is 9.59 Å². The van der Waals surface area contributed by atoms with Gasteiger partial charge >= 0.3 is 5.97 Å². The highest BCUT2D eigenvalue weighted by Crippen LogP contribution is 2.35. The Labute approximate surface area is 161 Å². The van der Waals surface area contributed by atoms with E-state index in [2.05, 4.69) is 0 Å². The van der Waals surface area contributed by atoms with Crippen LogP contribution in [0.15, 0.2) is 54.4 Å². The van der Waals surface area contributed by atoms with Gasteiger partial charge in [-0.3, -0.25) is 4.79 Å². The lowest BCUT2D eigenvalue weighted by atomic mass is 10.1. The van der Waals surface area contributed by atoms with Gasteiger partial charge in [0.1, 0.15) is 11.5 Å². The fraction of sp³-hybridized carbons (Fsp3) is 0.182. The summed E-state index contributed by atoms with van der Waals surface area (Å²) < 4.78 is 18.0. The zero-order valence-electron chi connectivity index (χ0n) is 15.6. The molecule has 0 amide bonds. The third-order valence-corrected chi connectivity index (χ3v) is 4.52. The summed E-state index contributed by atoms with van der Waals surface area (Å²) in [6.07, 6.45) is 3.72. The molecule has 0 unspecified atom stereocenters. The van der Waals surface area contributed by atoms with Crippen molar-refractivity contribution < 1.29 is 23.8 Å². The molecule has 1 aliphatic heterocycles. The predicted octanol–water partition coefficient (Wildman–Crippen LogP) is 3.74. The molecule has 28 heavy (non-hydrogen) atoms. The highest BCUT2D eigenvalue weighted by atomic mass is 16.6. The molecular weight excluding hydrogens is 358 g/mol. The summed E-state index contributed by atoms with van der Waals surface area (Å²) in [4.78, 5) is 24.1. The van der Waals surface area contributed by atoms with Gasteiger partial charge in [-0.05, 0) is 31.2 Å². The number of aromatic nitrogens is 1. The molecule has 1 aliphatic rings. The van der Waals surface area contributed by atoms with Crippen molar-refractivity contribution in [1.29, 1.82) is 0 Å². The van der Waals surface area contributed by atoms with E-state index in [0.717, 1.165) is 16.5 Å². The van der Waals surface area contributed by atoms with Gasteiger partial charge in [-0.2, -0.15) is 0 Å². The molecule has 0 N–H and O–H groups in total. The summed E-state index contributed by atoms with van der Waals surface area (Å²) in [7, 11) is 1.96. The van der Waals surface area contributed by atoms with E-state index in [1.807, 2.05) is 42.1 Å². The molecule has 0 saturated carbocycles. The summed E-state index contributed by atoms with van der Waals surface area (Å²) in [5.74, 6) is 0.481. The number of rotatable bonds is 5. The van der Waals surface area contributed by atoms with Crippen molar-refractivity contribution in [2.45, 2.75) is 6.92 Å². The molecule has 142 valence electrons. The summed E-state index contributed by atoms with van der Waals surface area (Å²) in [6, 6.07) is 12.9. The van der Waals surface area contributed by atoms with E-state index >= 15 is 0 Å². The van der Waals surface area contributed by atoms with E-state index in [4.69, 9.17) is 14.2 Å². The van der Waals surface area contributed by atoms with E-state index in [-0.39, 0.29) is 18.1 Å². The van der Waals surface area contributed by atoms with Crippen molar-refractivity contribution in [3.8, 4) is 11.5 Å². The molecule has 1 aromatic heterocycles. The maximum Gasteiger partial charge on any atom is 0.344 e. The van der Waals surface area contributed by atoms with Gasteiger partial charge in [0, 0.05) is 35.8 Å². The quantitative estimate of drug-likeness (QED) is 0.501. The van der Waals surface area contributed by atoms with Crippen molar-refractivity contribution in [3.63, 3.8) is 0 Å². The molecular formula is C22H19NO5.